The first-order chi connectivity index (χ1) is 4.90. The van der Waals surface area contributed by atoms with Crippen LogP contribution in [0, 0.1) is 0 Å². The van der Waals surface area contributed by atoms with Crippen molar-refractivity contribution in [2.45, 2.75) is 0 Å². The summed E-state index contributed by atoms with van der Waals surface area (Å²) in [6.45, 7) is 0. The zero-order chi connectivity index (χ0) is 12.8. The van der Waals surface area contributed by atoms with Gasteiger partial charge in [-0.3, -0.25) is 0 Å². The summed E-state index contributed by atoms with van der Waals surface area (Å²) in [6.07, 6.45) is 0. The summed E-state index contributed by atoms with van der Waals surface area (Å²) in [6, 6.07) is 0. The Morgan fingerprint density at radius 1 is 0.375 bits per heavy atom. The number of halogens is 12. The fourth-order valence-electron chi connectivity index (χ4n) is 0. The molecule has 0 aliphatic carbocycles. The third-order valence-corrected chi connectivity index (χ3v) is 0. The molecule has 0 rings (SSSR count). The van der Waals surface area contributed by atoms with E-state index in [-0.39, 0.29) is 80.9 Å². The van der Waals surface area contributed by atoms with Crippen molar-refractivity contribution >= 4 is 80.9 Å². The molecule has 0 spiro atoms. The Morgan fingerprint density at radius 2 is 0.375 bits per heavy atom. The van der Waals surface area contributed by atoms with Gasteiger partial charge in [0.05, 0.1) is 0 Å². The van der Waals surface area contributed by atoms with Crippen LogP contribution in [-0.2, 0) is 33.4 Å². The summed E-state index contributed by atoms with van der Waals surface area (Å²) in [5.74, 6) is 0. The van der Waals surface area contributed by atoms with Gasteiger partial charge in [-0.15, -0.1) is 0 Å². The molecular weight excluding hydrogens is 680 g/mol. The van der Waals surface area contributed by atoms with E-state index in [1.165, 1.54) is 0 Å². The van der Waals surface area contributed by atoms with Crippen molar-refractivity contribution in [1.29, 1.82) is 0 Å². The molecule has 0 saturated carbocycles. The van der Waals surface area contributed by atoms with Gasteiger partial charge in [-0.05, 0) is 0 Å². The molecule has 0 aromatic heterocycles. The van der Waals surface area contributed by atoms with Crippen LogP contribution in [0.15, 0.2) is 0 Å². The third kappa shape index (κ3) is 446. The molecular formula is H2F12KNaPt2. The topological polar surface area (TPSA) is 0 Å². The Labute approximate surface area is 149 Å². The van der Waals surface area contributed by atoms with Crippen LogP contribution in [0.4, 0.5) is 37.9 Å². The van der Waals surface area contributed by atoms with Crippen LogP contribution in [0.25, 0.3) is 0 Å². The summed E-state index contributed by atoms with van der Waals surface area (Å²) in [5, 5.41) is 0. The maximum atomic E-state index is 9.91. The van der Waals surface area contributed by atoms with Gasteiger partial charge in [0, 0.05) is 0 Å². The molecule has 0 aliphatic rings. The van der Waals surface area contributed by atoms with Crippen molar-refractivity contribution in [3.05, 3.63) is 0 Å². The van der Waals surface area contributed by atoms with E-state index in [4.69, 9.17) is 0 Å². The monoisotopic (exact) mass is 682 g/mol. The molecule has 0 atom stereocenters. The predicted molar refractivity (Wildman–Crippen MR) is 27.6 cm³/mol. The first-order valence-electron chi connectivity index (χ1n) is 1.43. The number of hydrogen-bond donors (Lipinski definition) is 0. The zero-order valence-electron chi connectivity index (χ0n) is 5.17. The molecule has 16 heteroatoms. The molecule has 0 N–H and O–H groups in total. The summed E-state index contributed by atoms with van der Waals surface area (Å²) >= 11 is -22.2. The van der Waals surface area contributed by atoms with E-state index in [0.29, 0.717) is 0 Å². The van der Waals surface area contributed by atoms with E-state index in [1.54, 1.807) is 0 Å². The van der Waals surface area contributed by atoms with Crippen LogP contribution in [0.2, 0.25) is 0 Å². The van der Waals surface area contributed by atoms with Gasteiger partial charge < -0.3 is 0 Å². The molecule has 0 aromatic rings. The van der Waals surface area contributed by atoms with Crippen LogP contribution in [0.5, 0.6) is 0 Å². The van der Waals surface area contributed by atoms with Crippen molar-refractivity contribution in [3.63, 3.8) is 0 Å². The predicted octanol–water partition coefficient (Wildman–Crippen LogP) is 3.74. The molecule has 108 valence electrons. The Hall–Kier alpha value is 3.17. The van der Waals surface area contributed by atoms with Crippen molar-refractivity contribution < 1.29 is 71.3 Å². The first kappa shape index (κ1) is 27.5. The van der Waals surface area contributed by atoms with Crippen molar-refractivity contribution in [1.82, 2.24) is 0 Å². The number of rotatable bonds is 0. The normalized spacial score (nSPS) is 20.2. The third-order valence-electron chi connectivity index (χ3n) is 0. The summed E-state index contributed by atoms with van der Waals surface area (Å²) in [5.41, 5.74) is 0. The van der Waals surface area contributed by atoms with E-state index >= 15 is 0 Å². The van der Waals surface area contributed by atoms with Gasteiger partial charge in [0.2, 0.25) is 0 Å². The van der Waals surface area contributed by atoms with Crippen LogP contribution < -0.4 is 0 Å². The van der Waals surface area contributed by atoms with Crippen LogP contribution in [-0.4, -0.2) is 80.9 Å². The quantitative estimate of drug-likeness (QED) is 0.270. The first-order valence-corrected chi connectivity index (χ1v) is 11.7. The Balaban J connectivity index is -0.0000000800. The second-order valence-corrected chi connectivity index (χ2v) is 11.1. The molecule has 0 aromatic carbocycles. The van der Waals surface area contributed by atoms with Gasteiger partial charge in [-0.25, -0.2) is 0 Å². The van der Waals surface area contributed by atoms with Crippen LogP contribution in [0.3, 0.4) is 0 Å². The van der Waals surface area contributed by atoms with Gasteiger partial charge in [-0.2, -0.15) is 0 Å². The summed E-state index contributed by atoms with van der Waals surface area (Å²) in [7, 11) is 0. The maximum absolute atomic E-state index is 11.1. The minimum absolute atomic E-state index is 0. The molecule has 0 nitrogen and oxygen atoms in total. The fourth-order valence-corrected chi connectivity index (χ4v) is 0. The average Bonchev–Trinajstić information content (AvgIpc) is 0.938. The van der Waals surface area contributed by atoms with Crippen molar-refractivity contribution in [2.75, 3.05) is 0 Å². The number of hydrogen-bond acceptors (Lipinski definition) is 0. The van der Waals surface area contributed by atoms with Crippen molar-refractivity contribution in [3.8, 4) is 0 Å². The molecule has 0 heterocycles. The van der Waals surface area contributed by atoms with E-state index in [1.807, 2.05) is 0 Å². The Kier molecular flexibility index (Phi) is 8.37. The van der Waals surface area contributed by atoms with Gasteiger partial charge in [0.25, 0.3) is 0 Å². The van der Waals surface area contributed by atoms with E-state index in [9.17, 15) is 37.9 Å². The van der Waals surface area contributed by atoms with Gasteiger partial charge >= 0.3 is 152 Å². The summed E-state index contributed by atoms with van der Waals surface area (Å²) < 4.78 is 119. The van der Waals surface area contributed by atoms with E-state index in [0.717, 1.165) is 0 Å². The molecule has 0 amide bonds. The van der Waals surface area contributed by atoms with E-state index in [2.05, 4.69) is 0 Å². The molecule has 0 saturated heterocycles. The minimum atomic E-state index is -11.1. The zero-order valence-corrected chi connectivity index (χ0v) is 9.71. The van der Waals surface area contributed by atoms with Crippen molar-refractivity contribution in [2.24, 2.45) is 0 Å². The van der Waals surface area contributed by atoms with Crippen LogP contribution in [0.1, 0.15) is 0 Å². The standard InChI is InChI=1S/12FH.K.Na.2Pt.2H/h12*1H;;;;;;/q;;;;;;;;;;;;;;2*+6;;/p-12. The average molecular weight is 682 g/mol. The van der Waals surface area contributed by atoms with Crippen LogP contribution >= 0.6 is 0 Å². The molecule has 16 heavy (non-hydrogen) atoms. The molecule has 0 radical (unpaired) electrons. The van der Waals surface area contributed by atoms with Gasteiger partial charge in [0.1, 0.15) is 0 Å². The molecule has 0 unspecified atom stereocenters. The second-order valence-electron chi connectivity index (χ2n) is 1.36. The summed E-state index contributed by atoms with van der Waals surface area (Å²) in [4.78, 5) is 0. The van der Waals surface area contributed by atoms with Gasteiger partial charge in [-0.1, -0.05) is 0 Å². The molecule has 0 bridgehead atoms. The Morgan fingerprint density at radius 3 is 0.375 bits per heavy atom. The molecule has 0 fully saturated rings. The SMILES string of the molecule is [F][Pt]([F])([F])([F])([F])[F].[F][Pt]([F])([F])([F])([F])[F].[KH].[NaH]. The Bertz CT molecular complexity index is 166. The van der Waals surface area contributed by atoms with E-state index < -0.39 is 33.4 Å². The van der Waals surface area contributed by atoms with Gasteiger partial charge in [0.15, 0.2) is 0 Å². The fraction of sp³-hybridized carbons (Fsp3) is 0. The molecule has 0 aliphatic heterocycles. The second kappa shape index (κ2) is 4.87.